The molecule has 1 amide bonds. The summed E-state index contributed by atoms with van der Waals surface area (Å²) in [5.41, 5.74) is 2.29. The van der Waals surface area contributed by atoms with E-state index >= 15 is 0 Å². The number of nitrogens with zero attached hydrogens (tertiary/aromatic N) is 4. The van der Waals surface area contributed by atoms with Gasteiger partial charge in [-0.05, 0) is 28.4 Å². The van der Waals surface area contributed by atoms with Crippen LogP contribution in [0.1, 0.15) is 17.7 Å². The van der Waals surface area contributed by atoms with E-state index in [4.69, 9.17) is 0 Å². The molecule has 24 heavy (non-hydrogen) atoms. The van der Waals surface area contributed by atoms with Gasteiger partial charge in [0.1, 0.15) is 0 Å². The number of carbonyl (C=O) groups excluding carboxylic acids is 1. The largest absolute Gasteiger partial charge is 0.340 e. The number of amides is 1. The SMILES string of the molecule is Cc1nn(CCC(=O)N2CCN(Cc3ccccc3)CC2)cc1Br. The Hall–Kier alpha value is -1.66. The van der Waals surface area contributed by atoms with Gasteiger partial charge >= 0.3 is 0 Å². The smallest absolute Gasteiger partial charge is 0.224 e. The van der Waals surface area contributed by atoms with Gasteiger partial charge in [0, 0.05) is 51.9 Å². The van der Waals surface area contributed by atoms with Gasteiger partial charge < -0.3 is 4.90 Å². The number of benzene rings is 1. The lowest BCUT2D eigenvalue weighted by atomic mass is 10.2. The fourth-order valence-corrected chi connectivity index (χ4v) is 3.29. The highest BCUT2D eigenvalue weighted by Gasteiger charge is 2.21. The van der Waals surface area contributed by atoms with Crippen molar-refractivity contribution in [3.63, 3.8) is 0 Å². The van der Waals surface area contributed by atoms with Crippen molar-refractivity contribution < 1.29 is 4.79 Å². The molecule has 0 spiro atoms. The van der Waals surface area contributed by atoms with Gasteiger partial charge in [0.05, 0.1) is 10.2 Å². The first kappa shape index (κ1) is 17.2. The Labute approximate surface area is 151 Å². The lowest BCUT2D eigenvalue weighted by molar-refractivity contribution is -0.133. The van der Waals surface area contributed by atoms with Crippen LogP contribution in [0.25, 0.3) is 0 Å². The molecule has 1 aromatic heterocycles. The monoisotopic (exact) mass is 390 g/mol. The third-order valence-electron chi connectivity index (χ3n) is 4.42. The molecule has 0 N–H and O–H groups in total. The minimum Gasteiger partial charge on any atom is -0.340 e. The first-order valence-corrected chi connectivity index (χ1v) is 9.15. The predicted octanol–water partition coefficient (Wildman–Crippen LogP) is 2.69. The van der Waals surface area contributed by atoms with Gasteiger partial charge in [-0.25, -0.2) is 0 Å². The van der Waals surface area contributed by atoms with Crippen LogP contribution in [-0.2, 0) is 17.9 Å². The van der Waals surface area contributed by atoms with E-state index in [9.17, 15) is 4.79 Å². The third kappa shape index (κ3) is 4.45. The zero-order valence-electron chi connectivity index (χ0n) is 14.0. The highest BCUT2D eigenvalue weighted by atomic mass is 79.9. The van der Waals surface area contributed by atoms with Gasteiger partial charge in [0.15, 0.2) is 0 Å². The van der Waals surface area contributed by atoms with E-state index in [-0.39, 0.29) is 5.91 Å². The van der Waals surface area contributed by atoms with Crippen molar-refractivity contribution in [2.75, 3.05) is 26.2 Å². The third-order valence-corrected chi connectivity index (χ3v) is 5.19. The van der Waals surface area contributed by atoms with Crippen LogP contribution >= 0.6 is 15.9 Å². The normalized spacial score (nSPS) is 15.7. The maximum absolute atomic E-state index is 12.4. The van der Waals surface area contributed by atoms with E-state index in [0.717, 1.165) is 42.9 Å². The van der Waals surface area contributed by atoms with Crippen molar-refractivity contribution in [3.8, 4) is 0 Å². The van der Waals surface area contributed by atoms with Crippen molar-refractivity contribution in [1.82, 2.24) is 19.6 Å². The molecule has 2 aromatic rings. The number of carbonyl (C=O) groups is 1. The molecule has 2 heterocycles. The van der Waals surface area contributed by atoms with Crippen molar-refractivity contribution in [2.24, 2.45) is 0 Å². The summed E-state index contributed by atoms with van der Waals surface area (Å²) in [7, 11) is 0. The molecule has 1 aliphatic heterocycles. The summed E-state index contributed by atoms with van der Waals surface area (Å²) < 4.78 is 2.83. The van der Waals surface area contributed by atoms with Crippen LogP contribution in [0.2, 0.25) is 0 Å². The maximum Gasteiger partial charge on any atom is 0.224 e. The molecule has 1 aliphatic rings. The second-order valence-corrected chi connectivity index (χ2v) is 7.07. The van der Waals surface area contributed by atoms with E-state index < -0.39 is 0 Å². The fourth-order valence-electron chi connectivity index (χ4n) is 2.97. The molecule has 0 bridgehead atoms. The van der Waals surface area contributed by atoms with Gasteiger partial charge in [-0.1, -0.05) is 30.3 Å². The van der Waals surface area contributed by atoms with E-state index in [2.05, 4.69) is 50.2 Å². The molecular formula is C18H23BrN4O. The Morgan fingerprint density at radius 1 is 1.17 bits per heavy atom. The second kappa shape index (κ2) is 7.94. The fraction of sp³-hybridized carbons (Fsp3) is 0.444. The molecule has 0 saturated carbocycles. The molecule has 1 fully saturated rings. The van der Waals surface area contributed by atoms with Crippen molar-refractivity contribution in [2.45, 2.75) is 26.4 Å². The molecule has 1 saturated heterocycles. The van der Waals surface area contributed by atoms with Crippen molar-refractivity contribution >= 4 is 21.8 Å². The molecule has 0 unspecified atom stereocenters. The number of halogens is 1. The summed E-state index contributed by atoms with van der Waals surface area (Å²) in [5.74, 6) is 0.221. The Balaban J connectivity index is 1.43. The Morgan fingerprint density at radius 2 is 1.88 bits per heavy atom. The molecule has 6 heteroatoms. The van der Waals surface area contributed by atoms with E-state index in [1.165, 1.54) is 5.56 Å². The zero-order chi connectivity index (χ0) is 16.9. The number of hydrogen-bond acceptors (Lipinski definition) is 3. The van der Waals surface area contributed by atoms with Crippen molar-refractivity contribution in [1.29, 1.82) is 0 Å². The molecule has 5 nitrogen and oxygen atoms in total. The van der Waals surface area contributed by atoms with Gasteiger partial charge in [-0.3, -0.25) is 14.4 Å². The molecule has 0 aliphatic carbocycles. The molecule has 128 valence electrons. The average Bonchev–Trinajstić information content (AvgIpc) is 2.92. The average molecular weight is 391 g/mol. The minimum absolute atomic E-state index is 0.221. The van der Waals surface area contributed by atoms with Gasteiger partial charge in [0.2, 0.25) is 5.91 Å². The van der Waals surface area contributed by atoms with Crippen LogP contribution in [0.3, 0.4) is 0 Å². The predicted molar refractivity (Wildman–Crippen MR) is 97.6 cm³/mol. The number of hydrogen-bond donors (Lipinski definition) is 0. The van der Waals surface area contributed by atoms with E-state index in [1.54, 1.807) is 0 Å². The van der Waals surface area contributed by atoms with Crippen LogP contribution in [0.4, 0.5) is 0 Å². The number of piperazine rings is 1. The molecular weight excluding hydrogens is 368 g/mol. The zero-order valence-corrected chi connectivity index (χ0v) is 15.6. The van der Waals surface area contributed by atoms with E-state index in [0.29, 0.717) is 13.0 Å². The number of rotatable bonds is 5. The Morgan fingerprint density at radius 3 is 2.50 bits per heavy atom. The highest BCUT2D eigenvalue weighted by Crippen LogP contribution is 2.14. The first-order valence-electron chi connectivity index (χ1n) is 8.35. The Bertz CT molecular complexity index is 658. The summed E-state index contributed by atoms with van der Waals surface area (Å²) in [4.78, 5) is 16.8. The van der Waals surface area contributed by atoms with E-state index in [1.807, 2.05) is 28.8 Å². The Kier molecular flexibility index (Phi) is 5.68. The summed E-state index contributed by atoms with van der Waals surface area (Å²) in [6.07, 6.45) is 2.44. The van der Waals surface area contributed by atoms with Crippen molar-refractivity contribution in [3.05, 3.63) is 52.3 Å². The highest BCUT2D eigenvalue weighted by molar-refractivity contribution is 9.10. The quantitative estimate of drug-likeness (QED) is 0.787. The first-order chi connectivity index (χ1) is 11.6. The maximum atomic E-state index is 12.4. The summed E-state index contributed by atoms with van der Waals surface area (Å²) >= 11 is 3.45. The molecule has 1 aromatic carbocycles. The molecule has 3 rings (SSSR count). The lowest BCUT2D eigenvalue weighted by Gasteiger charge is -2.34. The van der Waals surface area contributed by atoms with Crippen LogP contribution in [-0.4, -0.2) is 51.7 Å². The summed E-state index contributed by atoms with van der Waals surface area (Å²) in [6.45, 7) is 7.05. The van der Waals surface area contributed by atoms with Crippen LogP contribution in [0, 0.1) is 6.92 Å². The van der Waals surface area contributed by atoms with Gasteiger partial charge in [0.25, 0.3) is 0 Å². The second-order valence-electron chi connectivity index (χ2n) is 6.22. The lowest BCUT2D eigenvalue weighted by Crippen LogP contribution is -2.48. The number of aryl methyl sites for hydroxylation is 2. The van der Waals surface area contributed by atoms with Crippen LogP contribution in [0.5, 0.6) is 0 Å². The van der Waals surface area contributed by atoms with Gasteiger partial charge in [-0.15, -0.1) is 0 Å². The number of aromatic nitrogens is 2. The minimum atomic E-state index is 0.221. The molecule has 0 radical (unpaired) electrons. The van der Waals surface area contributed by atoms with Gasteiger partial charge in [-0.2, -0.15) is 5.10 Å². The standard InChI is InChI=1S/C18H23BrN4O/c1-15-17(19)14-23(20-15)8-7-18(24)22-11-9-21(10-12-22)13-16-5-3-2-4-6-16/h2-6,14H,7-13H2,1H3. The summed E-state index contributed by atoms with van der Waals surface area (Å²) in [5, 5.41) is 4.38. The molecule has 0 atom stereocenters. The van der Waals surface area contributed by atoms with Crippen LogP contribution < -0.4 is 0 Å². The van der Waals surface area contributed by atoms with Crippen LogP contribution in [0.15, 0.2) is 41.0 Å². The topological polar surface area (TPSA) is 41.4 Å². The summed E-state index contributed by atoms with van der Waals surface area (Å²) in [6, 6.07) is 10.5.